The lowest BCUT2D eigenvalue weighted by atomic mass is 10.1. The Morgan fingerprint density at radius 3 is 2.06 bits per heavy atom. The van der Waals surface area contributed by atoms with E-state index in [0.717, 1.165) is 0 Å². The molecule has 0 aliphatic rings. The second-order valence-corrected chi connectivity index (χ2v) is 7.28. The van der Waals surface area contributed by atoms with Crippen LogP contribution in [0, 0.1) is 10.1 Å². The van der Waals surface area contributed by atoms with Gasteiger partial charge in [0.2, 0.25) is 0 Å². The molecular weight excluding hydrogens is 438 g/mol. The molecule has 3 aromatic carbocycles. The molecule has 3 rings (SSSR count). The Morgan fingerprint density at radius 1 is 0.912 bits per heavy atom. The topological polar surface area (TPSA) is 139 Å². The predicted octanol–water partition coefficient (Wildman–Crippen LogP) is 3.18. The highest BCUT2D eigenvalue weighted by Gasteiger charge is 2.23. The predicted molar refractivity (Wildman–Crippen MR) is 125 cm³/mol. The number of nitrogens with one attached hydrogen (secondary N) is 2. The Morgan fingerprint density at radius 2 is 1.50 bits per heavy atom. The van der Waals surface area contributed by atoms with Crippen molar-refractivity contribution in [1.29, 1.82) is 0 Å². The van der Waals surface area contributed by atoms with Crippen LogP contribution in [0.25, 0.3) is 6.08 Å². The molecule has 0 unspecified atom stereocenters. The third-order valence-electron chi connectivity index (χ3n) is 4.83. The number of carboxylic acid groups (broad SMARTS) is 1. The van der Waals surface area contributed by atoms with Gasteiger partial charge in [-0.3, -0.25) is 19.7 Å². The molecule has 3 N–H and O–H groups in total. The lowest BCUT2D eigenvalue weighted by molar-refractivity contribution is -0.384. The monoisotopic (exact) mass is 459 g/mol. The molecule has 0 aliphatic heterocycles. The molecule has 0 heterocycles. The van der Waals surface area contributed by atoms with Crippen molar-refractivity contribution in [3.63, 3.8) is 0 Å². The molecule has 2 amide bonds. The van der Waals surface area contributed by atoms with Gasteiger partial charge in [0, 0.05) is 24.1 Å². The fourth-order valence-electron chi connectivity index (χ4n) is 3.09. The van der Waals surface area contributed by atoms with E-state index in [1.165, 1.54) is 30.3 Å². The highest BCUT2D eigenvalue weighted by Crippen LogP contribution is 2.15. The van der Waals surface area contributed by atoms with E-state index in [4.69, 9.17) is 0 Å². The van der Waals surface area contributed by atoms with Gasteiger partial charge in [-0.15, -0.1) is 0 Å². The van der Waals surface area contributed by atoms with Gasteiger partial charge >= 0.3 is 5.97 Å². The molecule has 172 valence electrons. The standard InChI is InChI=1S/C25H21N3O6/c29-23(19-9-5-2-6-10-19)26-21(15-18-11-13-20(14-12-18)28(33)34)24(30)27-22(25(31)32)16-17-7-3-1-4-8-17/h1-15,22H,16H2,(H,26,29)(H,27,30)(H,31,32)/b21-15-/t22-/m1/s1. The van der Waals surface area contributed by atoms with Crippen LogP contribution < -0.4 is 10.6 Å². The quantitative estimate of drug-likeness (QED) is 0.255. The van der Waals surface area contributed by atoms with E-state index in [1.807, 2.05) is 0 Å². The molecule has 0 radical (unpaired) electrons. The number of non-ortho nitro benzene ring substituents is 1. The van der Waals surface area contributed by atoms with E-state index in [1.54, 1.807) is 60.7 Å². The van der Waals surface area contributed by atoms with Gasteiger partial charge in [-0.25, -0.2) is 4.79 Å². The molecule has 0 aliphatic carbocycles. The van der Waals surface area contributed by atoms with E-state index in [2.05, 4.69) is 10.6 Å². The highest BCUT2D eigenvalue weighted by atomic mass is 16.6. The minimum Gasteiger partial charge on any atom is -0.480 e. The number of rotatable bonds is 9. The Labute approximate surface area is 194 Å². The molecule has 0 fully saturated rings. The molecule has 0 saturated carbocycles. The maximum absolute atomic E-state index is 13.0. The van der Waals surface area contributed by atoms with Gasteiger partial charge in [0.25, 0.3) is 17.5 Å². The fourth-order valence-corrected chi connectivity index (χ4v) is 3.09. The van der Waals surface area contributed by atoms with Gasteiger partial charge in [0.05, 0.1) is 4.92 Å². The first-order valence-electron chi connectivity index (χ1n) is 10.2. The zero-order chi connectivity index (χ0) is 24.5. The molecule has 9 nitrogen and oxygen atoms in total. The smallest absolute Gasteiger partial charge is 0.326 e. The number of benzene rings is 3. The Balaban J connectivity index is 1.87. The number of nitro groups is 1. The van der Waals surface area contributed by atoms with E-state index in [9.17, 15) is 29.6 Å². The van der Waals surface area contributed by atoms with Crippen LogP contribution in [-0.2, 0) is 16.0 Å². The van der Waals surface area contributed by atoms with E-state index in [0.29, 0.717) is 16.7 Å². The first kappa shape index (κ1) is 23.9. The minimum absolute atomic E-state index is 0.0410. The van der Waals surface area contributed by atoms with Gasteiger partial charge in [-0.2, -0.15) is 0 Å². The normalized spacial score (nSPS) is 11.8. The summed E-state index contributed by atoms with van der Waals surface area (Å²) in [4.78, 5) is 47.8. The van der Waals surface area contributed by atoms with Crippen molar-refractivity contribution in [2.45, 2.75) is 12.5 Å². The number of carboxylic acids is 1. The SMILES string of the molecule is O=C(N[C@H](Cc1ccccc1)C(=O)O)/C(=C/c1ccc([N+](=O)[O-])cc1)NC(=O)c1ccccc1. The second-order valence-electron chi connectivity index (χ2n) is 7.28. The van der Waals surface area contributed by atoms with Crippen molar-refractivity contribution < 1.29 is 24.4 Å². The second kappa shape index (κ2) is 11.2. The van der Waals surface area contributed by atoms with Crippen LogP contribution in [0.15, 0.2) is 90.6 Å². The van der Waals surface area contributed by atoms with E-state index < -0.39 is 28.7 Å². The molecule has 3 aromatic rings. The summed E-state index contributed by atoms with van der Waals surface area (Å²) in [6.45, 7) is 0. The van der Waals surface area contributed by atoms with Crippen LogP contribution in [0.5, 0.6) is 0 Å². The summed E-state index contributed by atoms with van der Waals surface area (Å²) in [5.74, 6) is -2.62. The molecule has 0 saturated heterocycles. The van der Waals surface area contributed by atoms with Crippen molar-refractivity contribution in [2.75, 3.05) is 0 Å². The van der Waals surface area contributed by atoms with Crippen LogP contribution >= 0.6 is 0 Å². The Kier molecular flexibility index (Phi) is 7.85. The number of amides is 2. The van der Waals surface area contributed by atoms with E-state index >= 15 is 0 Å². The average Bonchev–Trinajstić information content (AvgIpc) is 2.84. The summed E-state index contributed by atoms with van der Waals surface area (Å²) in [6.07, 6.45) is 1.36. The van der Waals surface area contributed by atoms with Crippen LogP contribution in [0.2, 0.25) is 0 Å². The first-order chi connectivity index (χ1) is 16.3. The first-order valence-corrected chi connectivity index (χ1v) is 10.2. The Hall–Kier alpha value is -4.79. The summed E-state index contributed by atoms with van der Waals surface area (Å²) >= 11 is 0. The van der Waals surface area contributed by atoms with Crippen LogP contribution in [0.3, 0.4) is 0 Å². The number of nitrogens with zero attached hydrogens (tertiary/aromatic N) is 1. The van der Waals surface area contributed by atoms with Crippen molar-refractivity contribution in [3.05, 3.63) is 117 Å². The van der Waals surface area contributed by atoms with Gasteiger partial charge in [-0.05, 0) is 41.5 Å². The molecule has 9 heteroatoms. The van der Waals surface area contributed by atoms with Gasteiger partial charge in [-0.1, -0.05) is 48.5 Å². The zero-order valence-corrected chi connectivity index (χ0v) is 17.9. The molecule has 0 bridgehead atoms. The van der Waals surface area contributed by atoms with Crippen molar-refractivity contribution >= 4 is 29.5 Å². The van der Waals surface area contributed by atoms with E-state index in [-0.39, 0.29) is 17.8 Å². The summed E-state index contributed by atoms with van der Waals surface area (Å²) < 4.78 is 0. The third kappa shape index (κ3) is 6.60. The number of carbonyl (C=O) groups is 3. The average molecular weight is 459 g/mol. The number of hydrogen-bond acceptors (Lipinski definition) is 5. The maximum Gasteiger partial charge on any atom is 0.326 e. The molecule has 0 spiro atoms. The highest BCUT2D eigenvalue weighted by molar-refractivity contribution is 6.06. The largest absolute Gasteiger partial charge is 0.480 e. The third-order valence-corrected chi connectivity index (χ3v) is 4.83. The minimum atomic E-state index is -1.25. The number of nitro benzene ring substituents is 1. The molecule has 0 aromatic heterocycles. The summed E-state index contributed by atoms with van der Waals surface area (Å²) in [5.41, 5.74) is 1.07. The van der Waals surface area contributed by atoms with Gasteiger partial charge < -0.3 is 15.7 Å². The van der Waals surface area contributed by atoms with Crippen molar-refractivity contribution in [1.82, 2.24) is 10.6 Å². The lowest BCUT2D eigenvalue weighted by Gasteiger charge is -2.17. The summed E-state index contributed by atoms with van der Waals surface area (Å²) in [5, 5.41) is 25.5. The summed E-state index contributed by atoms with van der Waals surface area (Å²) in [6, 6.07) is 21.1. The van der Waals surface area contributed by atoms with Crippen LogP contribution in [0.4, 0.5) is 5.69 Å². The number of aliphatic carboxylic acids is 1. The van der Waals surface area contributed by atoms with Crippen molar-refractivity contribution in [2.24, 2.45) is 0 Å². The maximum atomic E-state index is 13.0. The van der Waals surface area contributed by atoms with Crippen LogP contribution in [-0.4, -0.2) is 33.9 Å². The molecular formula is C25H21N3O6. The zero-order valence-electron chi connectivity index (χ0n) is 17.9. The van der Waals surface area contributed by atoms with Crippen LogP contribution in [0.1, 0.15) is 21.5 Å². The summed E-state index contributed by atoms with van der Waals surface area (Å²) in [7, 11) is 0. The molecule has 34 heavy (non-hydrogen) atoms. The fraction of sp³-hybridized carbons (Fsp3) is 0.0800. The number of hydrogen-bond donors (Lipinski definition) is 3. The van der Waals surface area contributed by atoms with Gasteiger partial charge in [0.15, 0.2) is 0 Å². The molecule has 1 atom stereocenters. The lowest BCUT2D eigenvalue weighted by Crippen LogP contribution is -2.45. The Bertz CT molecular complexity index is 1210. The number of carbonyl (C=O) groups excluding carboxylic acids is 2. The van der Waals surface area contributed by atoms with Crippen molar-refractivity contribution in [3.8, 4) is 0 Å². The van der Waals surface area contributed by atoms with Gasteiger partial charge in [0.1, 0.15) is 11.7 Å².